The van der Waals surface area contributed by atoms with Crippen LogP contribution in [0.3, 0.4) is 0 Å². The van der Waals surface area contributed by atoms with E-state index in [4.69, 9.17) is 0 Å². The van der Waals surface area contributed by atoms with Crippen molar-refractivity contribution in [3.63, 3.8) is 0 Å². The average molecular weight is 274 g/mol. The lowest BCUT2D eigenvalue weighted by Crippen LogP contribution is -2.20. The number of aryl methyl sites for hydroxylation is 1. The summed E-state index contributed by atoms with van der Waals surface area (Å²) in [5.74, 6) is 1.92. The fourth-order valence-electron chi connectivity index (χ4n) is 3.20. The lowest BCUT2D eigenvalue weighted by Gasteiger charge is -2.23. The molecule has 0 bridgehead atoms. The van der Waals surface area contributed by atoms with Gasteiger partial charge in [0.2, 0.25) is 0 Å². The maximum Gasteiger partial charge on any atom is 0.0795 e. The van der Waals surface area contributed by atoms with E-state index >= 15 is 0 Å². The highest BCUT2D eigenvalue weighted by Crippen LogP contribution is 2.43. The molecule has 1 aromatic carbocycles. The Balaban J connectivity index is 2.20. The molecular formula is C16H22N2S. The third-order valence-electron chi connectivity index (χ3n) is 3.97. The van der Waals surface area contributed by atoms with E-state index in [9.17, 15) is 0 Å². The van der Waals surface area contributed by atoms with Gasteiger partial charge in [-0.3, -0.25) is 0 Å². The van der Waals surface area contributed by atoms with Gasteiger partial charge in [-0.05, 0) is 31.5 Å². The Morgan fingerprint density at radius 1 is 1.37 bits per heavy atom. The fraction of sp³-hybridized carbons (Fsp3) is 0.500. The van der Waals surface area contributed by atoms with Gasteiger partial charge in [0, 0.05) is 35.7 Å². The Bertz CT molecular complexity index is 573. The molecule has 0 fully saturated rings. The first-order valence-electron chi connectivity index (χ1n) is 7.25. The van der Waals surface area contributed by atoms with Gasteiger partial charge < -0.3 is 9.88 Å². The van der Waals surface area contributed by atoms with E-state index in [1.165, 1.54) is 34.5 Å². The molecule has 1 aromatic heterocycles. The summed E-state index contributed by atoms with van der Waals surface area (Å²) in [6, 6.07) is 8.92. The first kappa shape index (κ1) is 13.1. The number of likely N-dealkylation sites (N-methyl/N-ethyl adjacent to an activating group) is 1. The molecule has 0 saturated carbocycles. The van der Waals surface area contributed by atoms with Crippen LogP contribution in [-0.2, 0) is 6.54 Å². The summed E-state index contributed by atoms with van der Waals surface area (Å²) >= 11 is 2.05. The fourth-order valence-corrected chi connectivity index (χ4v) is 4.57. The van der Waals surface area contributed by atoms with E-state index in [1.807, 2.05) is 11.8 Å². The lowest BCUT2D eigenvalue weighted by molar-refractivity contribution is 0.577. The number of benzene rings is 1. The topological polar surface area (TPSA) is 17.0 Å². The van der Waals surface area contributed by atoms with E-state index in [0.29, 0.717) is 5.92 Å². The maximum atomic E-state index is 3.37. The van der Waals surface area contributed by atoms with Crippen molar-refractivity contribution >= 4 is 22.7 Å². The molecule has 1 atom stereocenters. The molecule has 3 heteroatoms. The van der Waals surface area contributed by atoms with E-state index in [-0.39, 0.29) is 0 Å². The van der Waals surface area contributed by atoms with Crippen molar-refractivity contribution in [1.82, 2.24) is 9.88 Å². The van der Waals surface area contributed by atoms with E-state index < -0.39 is 0 Å². The van der Waals surface area contributed by atoms with Gasteiger partial charge in [0.15, 0.2) is 0 Å². The van der Waals surface area contributed by atoms with Gasteiger partial charge >= 0.3 is 0 Å². The number of hydrogen-bond donors (Lipinski definition) is 1. The van der Waals surface area contributed by atoms with Crippen LogP contribution >= 0.6 is 11.8 Å². The number of para-hydroxylation sites is 1. The summed E-state index contributed by atoms with van der Waals surface area (Å²) in [4.78, 5) is 0. The first-order valence-corrected chi connectivity index (χ1v) is 8.24. The smallest absolute Gasteiger partial charge is 0.0795 e. The van der Waals surface area contributed by atoms with Crippen LogP contribution in [-0.4, -0.2) is 23.9 Å². The van der Waals surface area contributed by atoms with Crippen molar-refractivity contribution in [1.29, 1.82) is 0 Å². The van der Waals surface area contributed by atoms with Gasteiger partial charge in [0.25, 0.3) is 0 Å². The quantitative estimate of drug-likeness (QED) is 0.912. The molecule has 19 heavy (non-hydrogen) atoms. The molecule has 1 unspecified atom stereocenters. The largest absolute Gasteiger partial charge is 0.335 e. The van der Waals surface area contributed by atoms with Gasteiger partial charge in [-0.25, -0.2) is 0 Å². The van der Waals surface area contributed by atoms with Crippen LogP contribution in [0.15, 0.2) is 29.3 Å². The zero-order valence-corrected chi connectivity index (χ0v) is 12.6. The Morgan fingerprint density at radius 2 is 2.21 bits per heavy atom. The minimum Gasteiger partial charge on any atom is -0.335 e. The predicted molar refractivity (Wildman–Crippen MR) is 84.2 cm³/mol. The molecule has 2 aromatic rings. The van der Waals surface area contributed by atoms with Crippen LogP contribution in [0.5, 0.6) is 0 Å². The van der Waals surface area contributed by atoms with Crippen LogP contribution in [0.25, 0.3) is 10.9 Å². The van der Waals surface area contributed by atoms with Gasteiger partial charge in [0.05, 0.1) is 5.03 Å². The normalized spacial score (nSPS) is 18.7. The zero-order valence-electron chi connectivity index (χ0n) is 11.8. The third kappa shape index (κ3) is 2.19. The number of nitrogens with one attached hydrogen (secondary N) is 1. The molecule has 2 heterocycles. The highest BCUT2D eigenvalue weighted by atomic mass is 32.2. The van der Waals surface area contributed by atoms with Crippen molar-refractivity contribution in [2.75, 3.05) is 19.3 Å². The van der Waals surface area contributed by atoms with Crippen molar-refractivity contribution in [3.8, 4) is 0 Å². The third-order valence-corrected chi connectivity index (χ3v) is 5.13. The second-order valence-corrected chi connectivity index (χ2v) is 6.36. The van der Waals surface area contributed by atoms with Crippen LogP contribution in [0.1, 0.15) is 31.2 Å². The second-order valence-electron chi connectivity index (χ2n) is 5.28. The van der Waals surface area contributed by atoms with Crippen molar-refractivity contribution in [2.45, 2.75) is 37.3 Å². The maximum absolute atomic E-state index is 3.37. The standard InChI is InChI=1S/C16H22N2S/c1-3-9-18-14-7-5-4-6-13(14)15-12(11-17-2)8-10-19-16(15)18/h4-7,12,17H,3,8-11H2,1-2H3. The van der Waals surface area contributed by atoms with Gasteiger partial charge in [-0.1, -0.05) is 25.1 Å². The minimum atomic E-state index is 0.671. The minimum absolute atomic E-state index is 0.671. The Labute approximate surface area is 119 Å². The van der Waals surface area contributed by atoms with E-state index in [0.717, 1.165) is 13.1 Å². The number of aromatic nitrogens is 1. The van der Waals surface area contributed by atoms with Crippen molar-refractivity contribution in [3.05, 3.63) is 29.8 Å². The summed E-state index contributed by atoms with van der Waals surface area (Å²) in [5.41, 5.74) is 3.01. The van der Waals surface area contributed by atoms with Crippen LogP contribution in [0, 0.1) is 0 Å². The molecule has 0 aliphatic carbocycles. The Kier molecular flexibility index (Phi) is 3.85. The van der Waals surface area contributed by atoms with Crippen LogP contribution in [0.4, 0.5) is 0 Å². The lowest BCUT2D eigenvalue weighted by atomic mass is 9.95. The Hall–Kier alpha value is -0.930. The van der Waals surface area contributed by atoms with Crippen molar-refractivity contribution < 1.29 is 0 Å². The summed E-state index contributed by atoms with van der Waals surface area (Å²) < 4.78 is 2.54. The van der Waals surface area contributed by atoms with E-state index in [2.05, 4.69) is 48.1 Å². The highest BCUT2D eigenvalue weighted by Gasteiger charge is 2.27. The predicted octanol–water partition coefficient (Wildman–Crippen LogP) is 3.85. The number of thioether (sulfide) groups is 1. The molecule has 0 spiro atoms. The highest BCUT2D eigenvalue weighted by molar-refractivity contribution is 7.99. The van der Waals surface area contributed by atoms with E-state index in [1.54, 1.807) is 5.56 Å². The molecule has 1 aliphatic rings. The molecule has 2 nitrogen and oxygen atoms in total. The molecule has 3 rings (SSSR count). The monoisotopic (exact) mass is 274 g/mol. The van der Waals surface area contributed by atoms with Crippen molar-refractivity contribution in [2.24, 2.45) is 0 Å². The average Bonchev–Trinajstić information content (AvgIpc) is 2.76. The summed E-state index contributed by atoms with van der Waals surface area (Å²) in [6.45, 7) is 4.49. The van der Waals surface area contributed by atoms with Crippen LogP contribution in [0.2, 0.25) is 0 Å². The van der Waals surface area contributed by atoms with Gasteiger partial charge in [0.1, 0.15) is 0 Å². The molecule has 102 valence electrons. The number of rotatable bonds is 4. The Morgan fingerprint density at radius 3 is 3.00 bits per heavy atom. The molecule has 0 radical (unpaired) electrons. The molecule has 0 amide bonds. The molecule has 0 saturated heterocycles. The van der Waals surface area contributed by atoms with Crippen LogP contribution < -0.4 is 5.32 Å². The van der Waals surface area contributed by atoms with Gasteiger partial charge in [-0.2, -0.15) is 0 Å². The zero-order chi connectivity index (χ0) is 13.2. The second kappa shape index (κ2) is 5.59. The number of nitrogens with zero attached hydrogens (tertiary/aromatic N) is 1. The molecule has 1 N–H and O–H groups in total. The SMILES string of the molecule is CCCn1c2c(c3ccccc31)C(CNC)CCS2. The summed E-state index contributed by atoms with van der Waals surface area (Å²) in [7, 11) is 2.06. The summed E-state index contributed by atoms with van der Waals surface area (Å²) in [6.07, 6.45) is 2.49. The number of fused-ring (bicyclic) bond motifs is 3. The first-order chi connectivity index (χ1) is 9.36. The molecular weight excluding hydrogens is 252 g/mol. The summed E-state index contributed by atoms with van der Waals surface area (Å²) in [5, 5.41) is 6.36. The molecule has 1 aliphatic heterocycles. The van der Waals surface area contributed by atoms with Gasteiger partial charge in [-0.15, -0.1) is 11.8 Å². The number of hydrogen-bond acceptors (Lipinski definition) is 2.